The third-order valence-electron chi connectivity index (χ3n) is 3.75. The van der Waals surface area contributed by atoms with Gasteiger partial charge in [-0.25, -0.2) is 0 Å². The minimum atomic E-state index is 0.181. The second kappa shape index (κ2) is 4.37. The Morgan fingerprint density at radius 2 is 1.11 bits per heavy atom. The first-order valence-corrected chi connectivity index (χ1v) is 7.14. The van der Waals surface area contributed by atoms with E-state index < -0.39 is 0 Å². The highest BCUT2D eigenvalue weighted by Crippen LogP contribution is 2.36. The van der Waals surface area contributed by atoms with Crippen LogP contribution in [-0.4, -0.2) is 0 Å². The number of fused-ring (bicyclic) bond motifs is 1. The number of hydrogen-bond donors (Lipinski definition) is 0. The zero-order valence-corrected chi connectivity index (χ0v) is 13.4. The van der Waals surface area contributed by atoms with Crippen LogP contribution >= 0.6 is 0 Å². The van der Waals surface area contributed by atoms with Gasteiger partial charge in [-0.05, 0) is 39.7 Å². The summed E-state index contributed by atoms with van der Waals surface area (Å²) in [7, 11) is 0. The molecule has 0 radical (unpaired) electrons. The van der Waals surface area contributed by atoms with E-state index in [1.54, 1.807) is 0 Å². The van der Waals surface area contributed by atoms with Crippen LogP contribution in [0, 0.1) is 6.92 Å². The molecule has 0 amide bonds. The average molecular weight is 254 g/mol. The molecule has 0 heteroatoms. The van der Waals surface area contributed by atoms with Crippen molar-refractivity contribution < 1.29 is 0 Å². The molecule has 0 heterocycles. The Morgan fingerprint density at radius 1 is 0.632 bits per heavy atom. The van der Waals surface area contributed by atoms with Crippen molar-refractivity contribution in [2.45, 2.75) is 59.3 Å². The second-order valence-corrected chi connectivity index (χ2v) is 7.75. The van der Waals surface area contributed by atoms with E-state index >= 15 is 0 Å². The zero-order chi connectivity index (χ0) is 14.4. The van der Waals surface area contributed by atoms with Crippen LogP contribution in [0.2, 0.25) is 0 Å². The third-order valence-corrected chi connectivity index (χ3v) is 3.75. The highest BCUT2D eigenvalue weighted by Gasteiger charge is 2.25. The van der Waals surface area contributed by atoms with E-state index in [1.807, 2.05) is 0 Å². The number of hydrogen-bond acceptors (Lipinski definition) is 0. The van der Waals surface area contributed by atoms with E-state index in [9.17, 15) is 0 Å². The fourth-order valence-electron chi connectivity index (χ4n) is 2.66. The van der Waals surface area contributed by atoms with Crippen molar-refractivity contribution in [3.63, 3.8) is 0 Å². The van der Waals surface area contributed by atoms with Crippen molar-refractivity contribution in [3.8, 4) is 0 Å². The summed E-state index contributed by atoms with van der Waals surface area (Å²) in [6.45, 7) is 16.0. The lowest BCUT2D eigenvalue weighted by molar-refractivity contribution is 0.531. The largest absolute Gasteiger partial charge is 0.0587 e. The molecule has 2 aromatic carbocycles. The van der Waals surface area contributed by atoms with E-state index in [-0.39, 0.29) is 10.8 Å². The minimum Gasteiger partial charge on any atom is -0.0587 e. The average Bonchev–Trinajstić information content (AvgIpc) is 2.24. The predicted octanol–water partition coefficient (Wildman–Crippen LogP) is 5.74. The van der Waals surface area contributed by atoms with Gasteiger partial charge in [0.15, 0.2) is 0 Å². The molecule has 0 bridgehead atoms. The Kier molecular flexibility index (Phi) is 3.24. The molecule has 0 aliphatic carbocycles. The normalized spacial score (nSPS) is 13.0. The molecule has 0 unspecified atom stereocenters. The van der Waals surface area contributed by atoms with Crippen molar-refractivity contribution >= 4 is 10.8 Å². The van der Waals surface area contributed by atoms with Crippen molar-refractivity contribution in [1.82, 2.24) is 0 Å². The van der Waals surface area contributed by atoms with Gasteiger partial charge in [-0.1, -0.05) is 77.4 Å². The Labute approximate surface area is 117 Å². The van der Waals surface area contributed by atoms with Crippen molar-refractivity contribution in [3.05, 3.63) is 47.0 Å². The summed E-state index contributed by atoms with van der Waals surface area (Å²) >= 11 is 0. The molecule has 0 fully saturated rings. The Bertz CT molecular complexity index is 604. The van der Waals surface area contributed by atoms with Crippen LogP contribution in [0.3, 0.4) is 0 Å². The smallest absolute Gasteiger partial charge is 0.0129 e. The van der Waals surface area contributed by atoms with Crippen LogP contribution < -0.4 is 0 Å². The Morgan fingerprint density at radius 3 is 1.58 bits per heavy atom. The lowest BCUT2D eigenvalue weighted by Gasteiger charge is -2.30. The molecular weight excluding hydrogens is 228 g/mol. The molecule has 0 saturated heterocycles. The van der Waals surface area contributed by atoms with Gasteiger partial charge in [0, 0.05) is 0 Å². The molecule has 2 aromatic rings. The van der Waals surface area contributed by atoms with E-state index in [2.05, 4.69) is 78.8 Å². The van der Waals surface area contributed by atoms with Crippen LogP contribution in [0.4, 0.5) is 0 Å². The number of rotatable bonds is 0. The molecule has 19 heavy (non-hydrogen) atoms. The van der Waals surface area contributed by atoms with Crippen LogP contribution in [0.1, 0.15) is 58.2 Å². The number of benzene rings is 2. The Hall–Kier alpha value is -1.30. The summed E-state index contributed by atoms with van der Waals surface area (Å²) in [5.41, 5.74) is 4.63. The van der Waals surface area contributed by atoms with Crippen LogP contribution in [-0.2, 0) is 10.8 Å². The van der Waals surface area contributed by atoms with Gasteiger partial charge in [0.1, 0.15) is 0 Å². The molecule has 0 atom stereocenters. The summed E-state index contributed by atoms with van der Waals surface area (Å²) in [5, 5.41) is 2.71. The van der Waals surface area contributed by atoms with E-state index in [4.69, 9.17) is 0 Å². The first-order valence-electron chi connectivity index (χ1n) is 7.14. The highest BCUT2D eigenvalue weighted by atomic mass is 14.3. The van der Waals surface area contributed by atoms with Gasteiger partial charge in [0.05, 0.1) is 0 Å². The van der Waals surface area contributed by atoms with Crippen molar-refractivity contribution in [1.29, 1.82) is 0 Å². The van der Waals surface area contributed by atoms with Gasteiger partial charge in [0.25, 0.3) is 0 Å². The third kappa shape index (κ3) is 2.83. The van der Waals surface area contributed by atoms with Crippen LogP contribution in [0.5, 0.6) is 0 Å². The minimum absolute atomic E-state index is 0.181. The quantitative estimate of drug-likeness (QED) is 0.562. The van der Waals surface area contributed by atoms with Crippen LogP contribution in [0.15, 0.2) is 30.3 Å². The van der Waals surface area contributed by atoms with Gasteiger partial charge < -0.3 is 0 Å². The predicted molar refractivity (Wildman–Crippen MR) is 86.1 cm³/mol. The SMILES string of the molecule is Cc1ccc2cc(C(C)(C)C)c(C(C)(C)C)cc2c1. The number of aryl methyl sites for hydroxylation is 1. The molecule has 0 nitrogen and oxygen atoms in total. The monoisotopic (exact) mass is 254 g/mol. The molecule has 102 valence electrons. The Balaban J connectivity index is 2.82. The zero-order valence-electron chi connectivity index (χ0n) is 13.4. The molecule has 0 aliphatic rings. The lowest BCUT2D eigenvalue weighted by Crippen LogP contribution is -2.21. The second-order valence-electron chi connectivity index (χ2n) is 7.75. The van der Waals surface area contributed by atoms with E-state index in [0.717, 1.165) is 0 Å². The maximum atomic E-state index is 2.39. The molecule has 2 rings (SSSR count). The van der Waals surface area contributed by atoms with Gasteiger partial charge in [-0.3, -0.25) is 0 Å². The molecule has 0 aromatic heterocycles. The highest BCUT2D eigenvalue weighted by molar-refractivity contribution is 5.85. The first-order chi connectivity index (χ1) is 8.59. The fraction of sp³-hybridized carbons (Fsp3) is 0.474. The molecule has 0 aliphatic heterocycles. The van der Waals surface area contributed by atoms with Crippen LogP contribution in [0.25, 0.3) is 10.8 Å². The molecule has 0 N–H and O–H groups in total. The molecular formula is C19H26. The summed E-state index contributed by atoms with van der Waals surface area (Å²) in [6, 6.07) is 11.5. The topological polar surface area (TPSA) is 0 Å². The standard InChI is InChI=1S/C19H26/c1-13-8-9-14-11-16(18(2,3)4)17(19(5,6)7)12-15(14)10-13/h8-12H,1-7H3. The summed E-state index contributed by atoms with van der Waals surface area (Å²) in [4.78, 5) is 0. The molecule has 0 saturated carbocycles. The maximum Gasteiger partial charge on any atom is -0.0129 e. The fourth-order valence-corrected chi connectivity index (χ4v) is 2.66. The summed E-state index contributed by atoms with van der Waals surface area (Å²) in [5.74, 6) is 0. The summed E-state index contributed by atoms with van der Waals surface area (Å²) in [6.07, 6.45) is 0. The lowest BCUT2D eigenvalue weighted by atomic mass is 9.74. The van der Waals surface area contributed by atoms with E-state index in [1.165, 1.54) is 27.5 Å². The first kappa shape index (κ1) is 14.1. The molecule has 0 spiro atoms. The van der Waals surface area contributed by atoms with Gasteiger partial charge >= 0.3 is 0 Å². The van der Waals surface area contributed by atoms with Gasteiger partial charge in [-0.2, -0.15) is 0 Å². The van der Waals surface area contributed by atoms with Gasteiger partial charge in [0.2, 0.25) is 0 Å². The maximum absolute atomic E-state index is 2.39. The van der Waals surface area contributed by atoms with E-state index in [0.29, 0.717) is 0 Å². The van der Waals surface area contributed by atoms with Gasteiger partial charge in [-0.15, -0.1) is 0 Å². The summed E-state index contributed by atoms with van der Waals surface area (Å²) < 4.78 is 0. The van der Waals surface area contributed by atoms with Crippen molar-refractivity contribution in [2.75, 3.05) is 0 Å². The van der Waals surface area contributed by atoms with Crippen molar-refractivity contribution in [2.24, 2.45) is 0 Å².